The van der Waals surface area contributed by atoms with Crippen LogP contribution in [0.25, 0.3) is 0 Å². The number of hydrogen-bond acceptors (Lipinski definition) is 4. The van der Waals surface area contributed by atoms with Crippen LogP contribution in [0.5, 0.6) is 5.75 Å². The largest absolute Gasteiger partial charge is 0.505 e. The lowest BCUT2D eigenvalue weighted by Gasteiger charge is -2.08. The van der Waals surface area contributed by atoms with E-state index in [1.54, 1.807) is 0 Å². The first kappa shape index (κ1) is 13.6. The minimum atomic E-state index is -4.13. The Morgan fingerprint density at radius 3 is 2.35 bits per heavy atom. The molecule has 94 valence electrons. The van der Waals surface area contributed by atoms with Crippen molar-refractivity contribution >= 4 is 15.6 Å². The molecule has 1 aromatic carbocycles. The molecule has 0 amide bonds. The molecule has 0 aromatic heterocycles. The Morgan fingerprint density at radius 2 is 1.94 bits per heavy atom. The standard InChI is InChI=1S/C10H10F2O4S/c1-5(13)3-6-4-7(11)10(17(2,15)16)8(12)9(6)14/h4,14H,3H2,1-2H3. The summed E-state index contributed by atoms with van der Waals surface area (Å²) in [5.41, 5.74) is -0.278. The Morgan fingerprint density at radius 1 is 1.41 bits per heavy atom. The number of halogens is 2. The fourth-order valence-corrected chi connectivity index (χ4v) is 2.22. The van der Waals surface area contributed by atoms with Crippen molar-refractivity contribution in [2.24, 2.45) is 0 Å². The predicted octanol–water partition coefficient (Wildman–Crippen LogP) is 1.21. The summed E-state index contributed by atoms with van der Waals surface area (Å²) in [5, 5.41) is 9.36. The predicted molar refractivity (Wildman–Crippen MR) is 55.5 cm³/mol. The van der Waals surface area contributed by atoms with Crippen molar-refractivity contribution in [2.75, 3.05) is 6.26 Å². The quantitative estimate of drug-likeness (QED) is 0.890. The van der Waals surface area contributed by atoms with Crippen molar-refractivity contribution in [1.29, 1.82) is 0 Å². The van der Waals surface area contributed by atoms with E-state index >= 15 is 0 Å². The fraction of sp³-hybridized carbons (Fsp3) is 0.300. The second-order valence-corrected chi connectivity index (χ2v) is 5.61. The molecule has 4 nitrogen and oxygen atoms in total. The number of carbonyl (C=O) groups is 1. The van der Waals surface area contributed by atoms with Crippen LogP contribution in [0.1, 0.15) is 12.5 Å². The fourth-order valence-electron chi connectivity index (χ4n) is 1.38. The average molecular weight is 264 g/mol. The zero-order chi connectivity index (χ0) is 13.4. The lowest BCUT2D eigenvalue weighted by Crippen LogP contribution is -2.07. The molecule has 0 unspecified atom stereocenters. The monoisotopic (exact) mass is 264 g/mol. The van der Waals surface area contributed by atoms with Gasteiger partial charge in [0.25, 0.3) is 0 Å². The van der Waals surface area contributed by atoms with Gasteiger partial charge in [-0.15, -0.1) is 0 Å². The van der Waals surface area contributed by atoms with Crippen molar-refractivity contribution in [1.82, 2.24) is 0 Å². The molecule has 0 spiro atoms. The minimum Gasteiger partial charge on any atom is -0.505 e. The van der Waals surface area contributed by atoms with Gasteiger partial charge in [-0.3, -0.25) is 4.79 Å². The van der Waals surface area contributed by atoms with Crippen molar-refractivity contribution in [3.63, 3.8) is 0 Å². The van der Waals surface area contributed by atoms with Crippen molar-refractivity contribution in [3.8, 4) is 5.75 Å². The van der Waals surface area contributed by atoms with E-state index in [1.165, 1.54) is 6.92 Å². The molecule has 0 atom stereocenters. The number of phenols is 1. The van der Waals surface area contributed by atoms with Gasteiger partial charge in [0, 0.05) is 18.2 Å². The lowest BCUT2D eigenvalue weighted by molar-refractivity contribution is -0.116. The zero-order valence-corrected chi connectivity index (χ0v) is 9.94. The third-order valence-corrected chi connectivity index (χ3v) is 3.16. The number of Topliss-reactive ketones (excluding diaryl/α,β-unsaturated/α-hetero) is 1. The highest BCUT2D eigenvalue weighted by atomic mass is 32.2. The van der Waals surface area contributed by atoms with Crippen LogP contribution in [0.3, 0.4) is 0 Å². The second-order valence-electron chi connectivity index (χ2n) is 3.66. The molecule has 0 aliphatic heterocycles. The number of benzene rings is 1. The van der Waals surface area contributed by atoms with E-state index in [2.05, 4.69) is 0 Å². The van der Waals surface area contributed by atoms with E-state index in [-0.39, 0.29) is 12.0 Å². The second kappa shape index (κ2) is 4.40. The first-order chi connectivity index (χ1) is 7.64. The van der Waals surface area contributed by atoms with Gasteiger partial charge in [-0.1, -0.05) is 0 Å². The molecule has 0 saturated heterocycles. The summed E-state index contributed by atoms with van der Waals surface area (Å²) in [4.78, 5) is 9.60. The van der Waals surface area contributed by atoms with Crippen LogP contribution in [0.15, 0.2) is 11.0 Å². The van der Waals surface area contributed by atoms with Gasteiger partial charge in [-0.05, 0) is 13.0 Å². The SMILES string of the molecule is CC(=O)Cc1cc(F)c(S(C)(=O)=O)c(F)c1O. The highest BCUT2D eigenvalue weighted by molar-refractivity contribution is 7.90. The summed E-state index contributed by atoms with van der Waals surface area (Å²) < 4.78 is 49.1. The third-order valence-electron chi connectivity index (χ3n) is 2.04. The van der Waals surface area contributed by atoms with E-state index in [4.69, 9.17) is 0 Å². The molecule has 1 N–H and O–H groups in total. The number of carbonyl (C=O) groups excluding carboxylic acids is 1. The smallest absolute Gasteiger partial charge is 0.186 e. The molecule has 0 bridgehead atoms. The van der Waals surface area contributed by atoms with E-state index in [0.717, 1.165) is 0 Å². The van der Waals surface area contributed by atoms with E-state index in [9.17, 15) is 27.1 Å². The Kier molecular flexibility index (Phi) is 3.51. The Bertz CT molecular complexity index is 578. The molecule has 1 rings (SSSR count). The maximum atomic E-state index is 13.5. The molecule has 7 heteroatoms. The van der Waals surface area contributed by atoms with Crippen molar-refractivity contribution in [2.45, 2.75) is 18.2 Å². The molecule has 0 saturated carbocycles. The summed E-state index contributed by atoms with van der Waals surface area (Å²) in [5.74, 6) is -4.31. The topological polar surface area (TPSA) is 71.4 Å². The Balaban J connectivity index is 3.53. The van der Waals surface area contributed by atoms with Crippen LogP contribution in [-0.4, -0.2) is 25.6 Å². The van der Waals surface area contributed by atoms with Crippen LogP contribution < -0.4 is 0 Å². The highest BCUT2D eigenvalue weighted by Crippen LogP contribution is 2.30. The number of phenolic OH excluding ortho intramolecular Hbond substituents is 1. The Hall–Kier alpha value is -1.50. The van der Waals surface area contributed by atoms with Gasteiger partial charge in [0.2, 0.25) is 0 Å². The maximum absolute atomic E-state index is 13.5. The van der Waals surface area contributed by atoms with Crippen LogP contribution in [0.2, 0.25) is 0 Å². The number of rotatable bonds is 3. The van der Waals surface area contributed by atoms with Crippen LogP contribution >= 0.6 is 0 Å². The van der Waals surface area contributed by atoms with Gasteiger partial charge >= 0.3 is 0 Å². The number of ketones is 1. The van der Waals surface area contributed by atoms with E-state index in [0.29, 0.717) is 12.3 Å². The summed E-state index contributed by atoms with van der Waals surface area (Å²) in [6.45, 7) is 1.18. The molecule has 0 aliphatic rings. The maximum Gasteiger partial charge on any atom is 0.186 e. The van der Waals surface area contributed by atoms with Crippen LogP contribution in [-0.2, 0) is 21.1 Å². The third kappa shape index (κ3) is 2.79. The number of sulfone groups is 1. The summed E-state index contributed by atoms with van der Waals surface area (Å²) in [6, 6.07) is 0.649. The van der Waals surface area contributed by atoms with Gasteiger partial charge < -0.3 is 5.11 Å². The van der Waals surface area contributed by atoms with Gasteiger partial charge in [0.15, 0.2) is 21.4 Å². The molecule has 1 aromatic rings. The lowest BCUT2D eigenvalue weighted by atomic mass is 10.1. The van der Waals surface area contributed by atoms with Crippen molar-refractivity contribution in [3.05, 3.63) is 23.3 Å². The minimum absolute atomic E-state index is 0.278. The molecule has 17 heavy (non-hydrogen) atoms. The summed E-state index contributed by atoms with van der Waals surface area (Å²) in [6.07, 6.45) is 0.252. The molecule has 0 heterocycles. The average Bonchev–Trinajstić information content (AvgIpc) is 2.10. The molecule has 0 aliphatic carbocycles. The first-order valence-electron chi connectivity index (χ1n) is 4.54. The van der Waals surface area contributed by atoms with Crippen LogP contribution in [0, 0.1) is 11.6 Å². The number of aromatic hydroxyl groups is 1. The van der Waals surface area contributed by atoms with Gasteiger partial charge in [-0.2, -0.15) is 0 Å². The van der Waals surface area contributed by atoms with Crippen molar-refractivity contribution < 1.29 is 27.1 Å². The normalized spacial score (nSPS) is 11.5. The van der Waals surface area contributed by atoms with Gasteiger partial charge in [-0.25, -0.2) is 17.2 Å². The zero-order valence-electron chi connectivity index (χ0n) is 9.12. The van der Waals surface area contributed by atoms with Crippen LogP contribution in [0.4, 0.5) is 8.78 Å². The summed E-state index contributed by atoms with van der Waals surface area (Å²) in [7, 11) is -4.13. The van der Waals surface area contributed by atoms with E-state index in [1.807, 2.05) is 0 Å². The number of hydrogen-bond donors (Lipinski definition) is 1. The molecule has 0 fully saturated rings. The summed E-state index contributed by atoms with van der Waals surface area (Å²) >= 11 is 0. The molecular formula is C10H10F2O4S. The Labute approximate surface area is 96.8 Å². The van der Waals surface area contributed by atoms with Gasteiger partial charge in [0.1, 0.15) is 16.5 Å². The molecular weight excluding hydrogens is 254 g/mol. The first-order valence-corrected chi connectivity index (χ1v) is 6.43. The highest BCUT2D eigenvalue weighted by Gasteiger charge is 2.25. The molecule has 0 radical (unpaired) electrons. The van der Waals surface area contributed by atoms with Gasteiger partial charge in [0.05, 0.1) is 0 Å². The van der Waals surface area contributed by atoms with E-state index < -0.39 is 37.9 Å².